The van der Waals surface area contributed by atoms with Gasteiger partial charge in [-0.25, -0.2) is 0 Å². The quantitative estimate of drug-likeness (QED) is 0.697. The van der Waals surface area contributed by atoms with Gasteiger partial charge in [-0.05, 0) is 36.8 Å². The third-order valence-electron chi connectivity index (χ3n) is 3.87. The molecule has 110 valence electrons. The molecule has 0 fully saturated rings. The lowest BCUT2D eigenvalue weighted by atomic mass is 10.0. The Morgan fingerprint density at radius 3 is 2.18 bits per heavy atom. The molecule has 0 aliphatic carbocycles. The Morgan fingerprint density at radius 2 is 1.64 bits per heavy atom. The Balaban J connectivity index is 2.00. The zero-order chi connectivity index (χ0) is 15.9. The molecule has 22 heavy (non-hydrogen) atoms. The molecule has 3 rings (SSSR count). The monoisotopic (exact) mass is 295 g/mol. The first-order chi connectivity index (χ1) is 10.5. The van der Waals surface area contributed by atoms with Crippen LogP contribution in [-0.4, -0.2) is 28.1 Å². The highest BCUT2D eigenvalue weighted by molar-refractivity contribution is 6.21. The second kappa shape index (κ2) is 5.11. The first kappa shape index (κ1) is 14.0. The van der Waals surface area contributed by atoms with E-state index in [0.717, 1.165) is 0 Å². The third-order valence-corrected chi connectivity index (χ3v) is 3.87. The van der Waals surface area contributed by atoms with Crippen LogP contribution in [0.25, 0.3) is 0 Å². The normalized spacial score (nSPS) is 14.9. The molecule has 2 aromatic carbocycles. The van der Waals surface area contributed by atoms with Crippen molar-refractivity contribution in [1.29, 1.82) is 0 Å². The Morgan fingerprint density at radius 1 is 1.05 bits per heavy atom. The summed E-state index contributed by atoms with van der Waals surface area (Å²) < 4.78 is 0. The van der Waals surface area contributed by atoms with E-state index in [1.807, 2.05) is 0 Å². The van der Waals surface area contributed by atoms with Gasteiger partial charge >= 0.3 is 0 Å². The van der Waals surface area contributed by atoms with E-state index in [1.165, 1.54) is 17.0 Å². The van der Waals surface area contributed by atoms with Crippen LogP contribution in [0.5, 0.6) is 5.75 Å². The summed E-state index contributed by atoms with van der Waals surface area (Å²) in [6.45, 7) is 1.71. The fraction of sp³-hybridized carbons (Fsp3) is 0.118. The number of carbonyl (C=O) groups is 3. The third kappa shape index (κ3) is 1.98. The van der Waals surface area contributed by atoms with Gasteiger partial charge in [-0.1, -0.05) is 18.2 Å². The van der Waals surface area contributed by atoms with Crippen LogP contribution in [0, 0.1) is 0 Å². The molecular weight excluding hydrogens is 282 g/mol. The van der Waals surface area contributed by atoms with Gasteiger partial charge in [-0.15, -0.1) is 0 Å². The molecule has 0 aromatic heterocycles. The van der Waals surface area contributed by atoms with E-state index in [2.05, 4.69) is 0 Å². The number of fused-ring (bicyclic) bond motifs is 1. The fourth-order valence-electron chi connectivity index (χ4n) is 2.64. The molecule has 1 aliphatic heterocycles. The SMILES string of the molecule is C[C@@H](c1ccc(O)c(C=O)c1)N1C(=O)c2ccccc2C1=O. The van der Waals surface area contributed by atoms with Crippen molar-refractivity contribution in [3.63, 3.8) is 0 Å². The minimum Gasteiger partial charge on any atom is -0.507 e. The summed E-state index contributed by atoms with van der Waals surface area (Å²) in [6.07, 6.45) is 0.536. The number of aromatic hydroxyl groups is 1. The van der Waals surface area contributed by atoms with Crippen molar-refractivity contribution < 1.29 is 19.5 Å². The molecule has 2 aromatic rings. The molecule has 1 aliphatic rings. The molecule has 0 saturated heterocycles. The second-order valence-electron chi connectivity index (χ2n) is 5.14. The molecule has 0 spiro atoms. The van der Waals surface area contributed by atoms with Crippen molar-refractivity contribution in [2.45, 2.75) is 13.0 Å². The molecule has 0 bridgehead atoms. The van der Waals surface area contributed by atoms with Gasteiger partial charge in [0.1, 0.15) is 5.75 Å². The van der Waals surface area contributed by atoms with Crippen LogP contribution in [0.1, 0.15) is 49.6 Å². The zero-order valence-corrected chi connectivity index (χ0v) is 11.8. The second-order valence-corrected chi connectivity index (χ2v) is 5.14. The average molecular weight is 295 g/mol. The van der Waals surface area contributed by atoms with E-state index in [-0.39, 0.29) is 23.1 Å². The van der Waals surface area contributed by atoms with Crippen LogP contribution in [0.3, 0.4) is 0 Å². The van der Waals surface area contributed by atoms with Gasteiger partial charge in [0.05, 0.1) is 22.7 Å². The van der Waals surface area contributed by atoms with Crippen LogP contribution in [0.2, 0.25) is 0 Å². The van der Waals surface area contributed by atoms with E-state index in [0.29, 0.717) is 23.0 Å². The van der Waals surface area contributed by atoms with Gasteiger partial charge in [0.15, 0.2) is 6.29 Å². The highest BCUT2D eigenvalue weighted by Gasteiger charge is 2.38. The van der Waals surface area contributed by atoms with Crippen LogP contribution in [0.4, 0.5) is 0 Å². The minimum atomic E-state index is -0.535. The maximum Gasteiger partial charge on any atom is 0.262 e. The summed E-state index contributed by atoms with van der Waals surface area (Å²) in [6, 6.07) is 10.6. The molecule has 1 heterocycles. The van der Waals surface area contributed by atoms with Gasteiger partial charge in [0, 0.05) is 0 Å². The molecule has 0 radical (unpaired) electrons. The van der Waals surface area contributed by atoms with Crippen molar-refractivity contribution in [1.82, 2.24) is 4.90 Å². The number of amides is 2. The molecule has 0 unspecified atom stereocenters. The van der Waals surface area contributed by atoms with E-state index < -0.39 is 6.04 Å². The fourth-order valence-corrected chi connectivity index (χ4v) is 2.64. The van der Waals surface area contributed by atoms with Crippen molar-refractivity contribution in [3.8, 4) is 5.75 Å². The van der Waals surface area contributed by atoms with Crippen LogP contribution in [0.15, 0.2) is 42.5 Å². The molecule has 2 amide bonds. The number of hydrogen-bond donors (Lipinski definition) is 1. The van der Waals surface area contributed by atoms with Crippen molar-refractivity contribution in [2.75, 3.05) is 0 Å². The summed E-state index contributed by atoms with van der Waals surface area (Å²) in [4.78, 5) is 37.0. The maximum atomic E-state index is 12.4. The summed E-state index contributed by atoms with van der Waals surface area (Å²) >= 11 is 0. The van der Waals surface area contributed by atoms with E-state index >= 15 is 0 Å². The standard InChI is InChI=1S/C17H13NO4/c1-10(11-6-7-15(20)12(8-11)9-19)18-16(21)13-4-2-3-5-14(13)17(18)22/h2-10,20H,1H3/t10-/m0/s1. The van der Waals surface area contributed by atoms with E-state index in [1.54, 1.807) is 37.3 Å². The lowest BCUT2D eigenvalue weighted by Gasteiger charge is -2.23. The summed E-state index contributed by atoms with van der Waals surface area (Å²) in [5, 5.41) is 9.55. The van der Waals surface area contributed by atoms with Crippen LogP contribution in [-0.2, 0) is 0 Å². The minimum absolute atomic E-state index is 0.126. The largest absolute Gasteiger partial charge is 0.507 e. The number of rotatable bonds is 3. The van der Waals surface area contributed by atoms with E-state index in [9.17, 15) is 19.5 Å². The summed E-state index contributed by atoms with van der Waals surface area (Å²) in [5.41, 5.74) is 1.50. The van der Waals surface area contributed by atoms with Crippen LogP contribution >= 0.6 is 0 Å². The number of aldehydes is 1. The Bertz CT molecular complexity index is 762. The number of nitrogens with zero attached hydrogens (tertiary/aromatic N) is 1. The highest BCUT2D eigenvalue weighted by atomic mass is 16.3. The summed E-state index contributed by atoms with van der Waals surface area (Å²) in [5.74, 6) is -0.837. The topological polar surface area (TPSA) is 74.7 Å². The first-order valence-electron chi connectivity index (χ1n) is 6.79. The molecule has 5 heteroatoms. The van der Waals surface area contributed by atoms with Gasteiger partial charge in [0.2, 0.25) is 0 Å². The number of phenolic OH excluding ortho intramolecular Hbond substituents is 1. The van der Waals surface area contributed by atoms with Gasteiger partial charge in [-0.3, -0.25) is 19.3 Å². The number of hydrogen-bond acceptors (Lipinski definition) is 4. The van der Waals surface area contributed by atoms with Gasteiger partial charge in [0.25, 0.3) is 11.8 Å². The lowest BCUT2D eigenvalue weighted by molar-refractivity contribution is 0.0595. The van der Waals surface area contributed by atoms with Crippen molar-refractivity contribution in [2.24, 2.45) is 0 Å². The maximum absolute atomic E-state index is 12.4. The molecule has 0 saturated carbocycles. The molecule has 1 atom stereocenters. The smallest absolute Gasteiger partial charge is 0.262 e. The molecule has 5 nitrogen and oxygen atoms in total. The Labute approximate surface area is 126 Å². The van der Waals surface area contributed by atoms with Gasteiger partial charge in [-0.2, -0.15) is 0 Å². The number of phenols is 1. The predicted octanol–water partition coefficient (Wildman–Crippen LogP) is 2.56. The highest BCUT2D eigenvalue weighted by Crippen LogP contribution is 2.32. The first-order valence-corrected chi connectivity index (χ1v) is 6.79. The lowest BCUT2D eigenvalue weighted by Crippen LogP contribution is -2.32. The molecular formula is C17H13NO4. The zero-order valence-electron chi connectivity index (χ0n) is 11.8. The summed E-state index contributed by atoms with van der Waals surface area (Å²) in [7, 11) is 0. The van der Waals surface area contributed by atoms with Gasteiger partial charge < -0.3 is 5.11 Å². The predicted molar refractivity (Wildman–Crippen MR) is 78.9 cm³/mol. The van der Waals surface area contributed by atoms with Crippen LogP contribution < -0.4 is 0 Å². The molecule has 1 N–H and O–H groups in total. The average Bonchev–Trinajstić information content (AvgIpc) is 2.79. The van der Waals surface area contributed by atoms with Crippen molar-refractivity contribution in [3.05, 3.63) is 64.7 Å². The number of benzene rings is 2. The number of carbonyl (C=O) groups excluding carboxylic acids is 3. The Kier molecular flexibility index (Phi) is 3.25. The Hall–Kier alpha value is -2.95. The number of imide groups is 1. The van der Waals surface area contributed by atoms with Crippen molar-refractivity contribution >= 4 is 18.1 Å². The van der Waals surface area contributed by atoms with E-state index in [4.69, 9.17) is 0 Å².